The Labute approximate surface area is 280 Å². The molecule has 0 aliphatic rings. The fraction of sp³-hybridized carbons (Fsp3) is 0. The molecule has 0 aliphatic heterocycles. The highest BCUT2D eigenvalue weighted by Crippen LogP contribution is 2.35. The monoisotopic (exact) mass is 610 g/mol. The molecular weight excluding hydrogens is 571 g/mol. The van der Waals surface area contributed by atoms with Gasteiger partial charge in [0.15, 0.2) is 8.07 Å². The first-order valence-corrected chi connectivity index (χ1v) is 17.4. The molecule has 7 rings (SSSR count). The Morgan fingerprint density at radius 2 is 0.826 bits per heavy atom. The highest BCUT2D eigenvalue weighted by atomic mass is 28.3. The van der Waals surface area contributed by atoms with Crippen molar-refractivity contribution < 1.29 is 6.85 Å². The summed E-state index contributed by atoms with van der Waals surface area (Å²) >= 11 is 0. The minimum atomic E-state index is -2.52. The van der Waals surface area contributed by atoms with Crippen LogP contribution in [0, 0.1) is 0 Å². The minimum absolute atomic E-state index is 0.109. The summed E-state index contributed by atoms with van der Waals surface area (Å²) in [6.45, 7) is 0. The van der Waals surface area contributed by atoms with Crippen LogP contribution in [0.1, 0.15) is 12.4 Å². The van der Waals surface area contributed by atoms with Crippen molar-refractivity contribution in [1.82, 2.24) is 0 Å². The second-order valence-electron chi connectivity index (χ2n) is 11.1. The topological polar surface area (TPSA) is 3.24 Å². The third-order valence-electron chi connectivity index (χ3n) is 8.31. The Morgan fingerprint density at radius 3 is 1.30 bits per heavy atom. The molecule has 0 bridgehead atoms. The molecule has 7 aromatic rings. The Balaban J connectivity index is 1.23. The molecular formula is C44H35NSi. The molecule has 0 unspecified atom stereocenters. The molecule has 0 heterocycles. The van der Waals surface area contributed by atoms with Crippen LogP contribution in [0.15, 0.2) is 206 Å². The summed E-state index contributed by atoms with van der Waals surface area (Å²) in [6, 6.07) is 56.6. The average molecular weight is 611 g/mol. The van der Waals surface area contributed by atoms with Crippen molar-refractivity contribution in [3.05, 3.63) is 211 Å². The van der Waals surface area contributed by atoms with Crippen LogP contribution in [-0.2, 0) is 0 Å². The molecule has 0 N–H and O–H groups in total. The van der Waals surface area contributed by atoms with Crippen LogP contribution < -0.4 is 20.5 Å². The normalized spacial score (nSPS) is 12.9. The molecule has 7 aromatic carbocycles. The molecule has 0 radical (unpaired) electrons. The number of para-hydroxylation sites is 2. The predicted molar refractivity (Wildman–Crippen MR) is 200 cm³/mol. The average Bonchev–Trinajstić information content (AvgIpc) is 3.20. The molecule has 0 atom stereocenters. The van der Waals surface area contributed by atoms with Crippen molar-refractivity contribution >= 4 is 46.8 Å². The molecule has 0 amide bonds. The van der Waals surface area contributed by atoms with Crippen molar-refractivity contribution in [2.24, 2.45) is 0 Å². The van der Waals surface area contributed by atoms with E-state index in [1.807, 2.05) is 54.6 Å². The molecule has 46 heavy (non-hydrogen) atoms. The van der Waals surface area contributed by atoms with E-state index in [1.54, 1.807) is 4.90 Å². The lowest BCUT2D eigenvalue weighted by Crippen LogP contribution is -2.66. The zero-order valence-electron chi connectivity index (χ0n) is 30.3. The van der Waals surface area contributed by atoms with Crippen LogP contribution in [0.5, 0.6) is 0 Å². The molecule has 1 nitrogen and oxygen atoms in total. The van der Waals surface area contributed by atoms with Crippen LogP contribution in [0.4, 0.5) is 17.1 Å². The van der Waals surface area contributed by atoms with Gasteiger partial charge in [0.25, 0.3) is 0 Å². The van der Waals surface area contributed by atoms with Gasteiger partial charge < -0.3 is 4.90 Å². The van der Waals surface area contributed by atoms with Crippen LogP contribution in [0.25, 0.3) is 17.2 Å². The number of nitrogens with zero attached hydrogens (tertiary/aromatic N) is 1. The van der Waals surface area contributed by atoms with Crippen molar-refractivity contribution in [2.75, 3.05) is 4.90 Å². The fourth-order valence-corrected chi connectivity index (χ4v) is 10.2. The Morgan fingerprint density at radius 1 is 0.413 bits per heavy atom. The van der Waals surface area contributed by atoms with E-state index in [9.17, 15) is 0 Å². The van der Waals surface area contributed by atoms with Gasteiger partial charge in [-0.25, -0.2) is 0 Å². The van der Waals surface area contributed by atoms with E-state index in [-0.39, 0.29) is 29.9 Å². The first-order chi connectivity index (χ1) is 24.9. The molecule has 2 heteroatoms. The van der Waals surface area contributed by atoms with Gasteiger partial charge in [0, 0.05) is 17.1 Å². The minimum Gasteiger partial charge on any atom is -0.311 e. The first kappa shape index (κ1) is 23.6. The third kappa shape index (κ3) is 5.99. The highest BCUT2D eigenvalue weighted by molar-refractivity contribution is 7.15. The molecule has 0 saturated heterocycles. The Bertz CT molecular complexity index is 2150. The summed E-state index contributed by atoms with van der Waals surface area (Å²) in [6.07, 6.45) is 2.25. The van der Waals surface area contributed by atoms with E-state index in [0.29, 0.717) is 11.4 Å². The van der Waals surface area contributed by atoms with E-state index in [1.165, 1.54) is 15.6 Å². The summed E-state index contributed by atoms with van der Waals surface area (Å²) in [5.74, 6) is 0. The van der Waals surface area contributed by atoms with Crippen molar-refractivity contribution in [3.63, 3.8) is 0 Å². The fourth-order valence-electron chi connectivity index (χ4n) is 6.04. The lowest BCUT2D eigenvalue weighted by molar-refractivity contribution is 1.28. The van der Waals surface area contributed by atoms with E-state index in [4.69, 9.17) is 6.85 Å². The second-order valence-corrected chi connectivity index (χ2v) is 14.7. The number of anilines is 3. The van der Waals surface area contributed by atoms with Crippen LogP contribution >= 0.6 is 0 Å². The number of rotatable bonds is 9. The lowest BCUT2D eigenvalue weighted by atomic mass is 10.0. The van der Waals surface area contributed by atoms with Gasteiger partial charge in [-0.15, -0.1) is 0 Å². The van der Waals surface area contributed by atoms with Gasteiger partial charge >= 0.3 is 0 Å². The highest BCUT2D eigenvalue weighted by Gasteiger charge is 2.36. The maximum absolute atomic E-state index is 8.66. The molecule has 220 valence electrons. The lowest BCUT2D eigenvalue weighted by Gasteiger charge is -2.30. The van der Waals surface area contributed by atoms with E-state index >= 15 is 0 Å². The van der Waals surface area contributed by atoms with Gasteiger partial charge in [0.2, 0.25) is 0 Å². The smallest absolute Gasteiger partial charge is 0.172 e. The van der Waals surface area contributed by atoms with Gasteiger partial charge in [-0.2, -0.15) is 0 Å². The third-order valence-corrected chi connectivity index (χ3v) is 12.7. The quantitative estimate of drug-likeness (QED) is 0.116. The Hall–Kier alpha value is -5.70. The summed E-state index contributed by atoms with van der Waals surface area (Å²) < 4.78 is 42.0. The van der Waals surface area contributed by atoms with E-state index < -0.39 is 14.1 Å². The summed E-state index contributed by atoms with van der Waals surface area (Å²) in [4.78, 5) is 1.72. The summed E-state index contributed by atoms with van der Waals surface area (Å²) in [7, 11) is -2.52. The standard InChI is InChI=1S/C44H35NSi/c1-6-16-39(17-7-1)45(40-18-8-2-9-19-40)41-32-30-38(31-33-41)37-28-26-36(27-29-37)34-35-46(42-20-10-3-11-21-42,43-22-12-4-13-23-43)44-24-14-5-15-25-44/h1-35H/b35-34+/i1D,6D,7D,16D,17D. The van der Waals surface area contributed by atoms with Gasteiger partial charge in [-0.3, -0.25) is 0 Å². The maximum atomic E-state index is 8.66. The number of hydrogen-bond acceptors (Lipinski definition) is 1. The van der Waals surface area contributed by atoms with Gasteiger partial charge in [0.1, 0.15) is 0 Å². The zero-order valence-corrected chi connectivity index (χ0v) is 26.3. The van der Waals surface area contributed by atoms with Crippen molar-refractivity contribution in [2.45, 2.75) is 0 Å². The zero-order chi connectivity index (χ0) is 35.4. The molecule has 0 aliphatic carbocycles. The largest absolute Gasteiger partial charge is 0.311 e. The predicted octanol–water partition coefficient (Wildman–Crippen LogP) is 9.55. The molecule has 0 fully saturated rings. The van der Waals surface area contributed by atoms with Crippen molar-refractivity contribution in [3.8, 4) is 11.1 Å². The van der Waals surface area contributed by atoms with Crippen LogP contribution in [0.3, 0.4) is 0 Å². The summed E-state index contributed by atoms with van der Waals surface area (Å²) in [5, 5.41) is 3.97. The van der Waals surface area contributed by atoms with E-state index in [0.717, 1.165) is 16.7 Å². The second kappa shape index (κ2) is 13.5. The molecule has 0 spiro atoms. The van der Waals surface area contributed by atoms with Crippen molar-refractivity contribution in [1.29, 1.82) is 0 Å². The Kier molecular flexibility index (Phi) is 6.95. The number of hydrogen-bond donors (Lipinski definition) is 0. The van der Waals surface area contributed by atoms with Crippen LogP contribution in [-0.4, -0.2) is 8.07 Å². The van der Waals surface area contributed by atoms with E-state index in [2.05, 4.69) is 127 Å². The summed E-state index contributed by atoms with van der Waals surface area (Å²) in [5.41, 5.74) is 7.08. The number of benzene rings is 7. The van der Waals surface area contributed by atoms with Gasteiger partial charge in [-0.1, -0.05) is 175 Å². The van der Waals surface area contributed by atoms with Gasteiger partial charge in [0.05, 0.1) is 6.85 Å². The SMILES string of the molecule is [2H]c1c([2H])c([2H])c(N(c2ccccc2)c2ccc(-c3ccc(/C=C/[Si](c4ccccc4)(c4ccccc4)c4ccccc4)cc3)cc2)c([2H])c1[2H]. The molecule has 0 aromatic heterocycles. The molecule has 0 saturated carbocycles. The first-order valence-electron chi connectivity index (χ1n) is 17.9. The van der Waals surface area contributed by atoms with Gasteiger partial charge in [-0.05, 0) is 68.6 Å². The maximum Gasteiger partial charge on any atom is 0.172 e. The van der Waals surface area contributed by atoms with Crippen LogP contribution in [0.2, 0.25) is 0 Å².